The number of hydrogen-bond acceptors (Lipinski definition) is 4. The Morgan fingerprint density at radius 1 is 1.17 bits per heavy atom. The molecule has 0 aliphatic heterocycles. The maximum Gasteiger partial charge on any atom is 0.319 e. The fourth-order valence-electron chi connectivity index (χ4n) is 2.14. The number of ether oxygens (including phenoxy) is 2. The van der Waals surface area contributed by atoms with Crippen molar-refractivity contribution in [1.29, 1.82) is 0 Å². The van der Waals surface area contributed by atoms with Crippen molar-refractivity contribution in [3.63, 3.8) is 0 Å². The topological polar surface area (TPSA) is 72.5 Å². The van der Waals surface area contributed by atoms with Crippen LogP contribution >= 0.6 is 0 Å². The lowest BCUT2D eigenvalue weighted by atomic mass is 10.1. The molecule has 1 aromatic heterocycles. The third kappa shape index (κ3) is 5.18. The second-order valence-electron chi connectivity index (χ2n) is 4.92. The number of benzene rings is 1. The van der Waals surface area contributed by atoms with E-state index in [1.807, 2.05) is 18.2 Å². The molecule has 2 amide bonds. The number of anilines is 1. The van der Waals surface area contributed by atoms with Crippen LogP contribution in [0, 0.1) is 0 Å². The molecule has 2 N–H and O–H groups in total. The number of rotatable bonds is 7. The van der Waals surface area contributed by atoms with Crippen LogP contribution in [0.3, 0.4) is 0 Å². The fraction of sp³-hybridized carbons (Fsp3) is 0.294. The van der Waals surface area contributed by atoms with Gasteiger partial charge < -0.3 is 20.1 Å². The number of aromatic nitrogens is 1. The van der Waals surface area contributed by atoms with Crippen LogP contribution in [-0.4, -0.2) is 31.8 Å². The van der Waals surface area contributed by atoms with Gasteiger partial charge in [-0.2, -0.15) is 0 Å². The number of nitrogens with zero attached hydrogens (tertiary/aromatic N) is 1. The maximum atomic E-state index is 11.7. The molecule has 2 aromatic rings. The van der Waals surface area contributed by atoms with E-state index in [1.54, 1.807) is 38.7 Å². The van der Waals surface area contributed by atoms with Gasteiger partial charge in [0.2, 0.25) is 0 Å². The van der Waals surface area contributed by atoms with Crippen LogP contribution in [0.5, 0.6) is 11.5 Å². The molecule has 0 aliphatic carbocycles. The quantitative estimate of drug-likeness (QED) is 0.771. The number of carbonyl (C=O) groups excluding carboxylic acids is 1. The van der Waals surface area contributed by atoms with Crippen molar-refractivity contribution >= 4 is 11.7 Å². The summed E-state index contributed by atoms with van der Waals surface area (Å²) in [6.07, 6.45) is 4.93. The molecule has 6 nitrogen and oxygen atoms in total. The highest BCUT2D eigenvalue weighted by molar-refractivity contribution is 5.88. The minimum Gasteiger partial charge on any atom is -0.493 e. The molecule has 6 heteroatoms. The summed E-state index contributed by atoms with van der Waals surface area (Å²) in [6.45, 7) is 0.584. The van der Waals surface area contributed by atoms with Gasteiger partial charge in [0.05, 0.1) is 26.1 Å². The van der Waals surface area contributed by atoms with Crippen molar-refractivity contribution in [2.24, 2.45) is 0 Å². The first kappa shape index (κ1) is 16.6. The van der Waals surface area contributed by atoms with Crippen LogP contribution in [0.25, 0.3) is 0 Å². The molecular formula is C17H21N3O3. The number of urea groups is 1. The summed E-state index contributed by atoms with van der Waals surface area (Å²) in [6, 6.07) is 9.16. The van der Waals surface area contributed by atoms with Gasteiger partial charge in [-0.05, 0) is 42.7 Å². The number of carbonyl (C=O) groups is 1. The van der Waals surface area contributed by atoms with Crippen LogP contribution in [0.4, 0.5) is 10.5 Å². The van der Waals surface area contributed by atoms with Gasteiger partial charge in [-0.15, -0.1) is 0 Å². The van der Waals surface area contributed by atoms with Gasteiger partial charge in [-0.25, -0.2) is 4.79 Å². The molecule has 0 aliphatic rings. The molecule has 23 heavy (non-hydrogen) atoms. The number of nitrogens with one attached hydrogen (secondary N) is 2. The first-order valence-electron chi connectivity index (χ1n) is 7.38. The van der Waals surface area contributed by atoms with Gasteiger partial charge in [0.25, 0.3) is 0 Å². The third-order valence-corrected chi connectivity index (χ3v) is 3.30. The second kappa shape index (κ2) is 8.63. The Morgan fingerprint density at radius 3 is 2.70 bits per heavy atom. The molecule has 122 valence electrons. The van der Waals surface area contributed by atoms with Crippen LogP contribution in [-0.2, 0) is 6.42 Å². The minimum atomic E-state index is -0.231. The molecule has 1 aromatic carbocycles. The predicted octanol–water partition coefficient (Wildman–Crippen LogP) is 2.85. The van der Waals surface area contributed by atoms with Crippen molar-refractivity contribution in [3.8, 4) is 11.5 Å². The van der Waals surface area contributed by atoms with E-state index in [0.29, 0.717) is 23.7 Å². The Hall–Kier alpha value is -2.76. The lowest BCUT2D eigenvalue weighted by Crippen LogP contribution is -2.29. The molecule has 0 spiro atoms. The smallest absolute Gasteiger partial charge is 0.319 e. The highest BCUT2D eigenvalue weighted by Gasteiger charge is 2.05. The molecule has 0 saturated carbocycles. The lowest BCUT2D eigenvalue weighted by Gasteiger charge is -2.10. The number of hydrogen-bond donors (Lipinski definition) is 2. The molecule has 0 bridgehead atoms. The SMILES string of the molecule is COc1ccc(CCCNC(=O)Nc2cccnc2)cc1OC. The number of amides is 2. The zero-order valence-corrected chi connectivity index (χ0v) is 13.3. The zero-order valence-electron chi connectivity index (χ0n) is 13.3. The average molecular weight is 315 g/mol. The maximum absolute atomic E-state index is 11.7. The molecule has 2 rings (SSSR count). The van der Waals surface area contributed by atoms with E-state index in [0.717, 1.165) is 18.4 Å². The van der Waals surface area contributed by atoms with Crippen LogP contribution in [0.2, 0.25) is 0 Å². The molecule has 0 unspecified atom stereocenters. The monoisotopic (exact) mass is 315 g/mol. The van der Waals surface area contributed by atoms with Crippen molar-refractivity contribution in [3.05, 3.63) is 48.3 Å². The number of aryl methyl sites for hydroxylation is 1. The highest BCUT2D eigenvalue weighted by Crippen LogP contribution is 2.27. The zero-order chi connectivity index (χ0) is 16.5. The largest absolute Gasteiger partial charge is 0.493 e. The highest BCUT2D eigenvalue weighted by atomic mass is 16.5. The summed E-state index contributed by atoms with van der Waals surface area (Å²) in [5.74, 6) is 1.43. The van der Waals surface area contributed by atoms with E-state index in [2.05, 4.69) is 15.6 Å². The van der Waals surface area contributed by atoms with E-state index >= 15 is 0 Å². The van der Waals surface area contributed by atoms with Crippen molar-refractivity contribution in [1.82, 2.24) is 10.3 Å². The first-order chi connectivity index (χ1) is 11.2. The Bertz CT molecular complexity index is 632. The number of methoxy groups -OCH3 is 2. The number of pyridine rings is 1. The summed E-state index contributed by atoms with van der Waals surface area (Å²) in [4.78, 5) is 15.7. The van der Waals surface area contributed by atoms with E-state index in [1.165, 1.54) is 0 Å². The van der Waals surface area contributed by atoms with Crippen molar-refractivity contribution < 1.29 is 14.3 Å². The Morgan fingerprint density at radius 2 is 2.00 bits per heavy atom. The molecule has 0 radical (unpaired) electrons. The van der Waals surface area contributed by atoms with Crippen molar-refractivity contribution in [2.45, 2.75) is 12.8 Å². The summed E-state index contributed by atoms with van der Waals surface area (Å²) in [5.41, 5.74) is 1.81. The molecule has 0 saturated heterocycles. The summed E-state index contributed by atoms with van der Waals surface area (Å²) in [7, 11) is 3.23. The Balaban J connectivity index is 1.74. The average Bonchev–Trinajstić information content (AvgIpc) is 2.59. The van der Waals surface area contributed by atoms with Gasteiger partial charge in [-0.1, -0.05) is 6.07 Å². The van der Waals surface area contributed by atoms with E-state index in [9.17, 15) is 4.79 Å². The van der Waals surface area contributed by atoms with Gasteiger partial charge in [-0.3, -0.25) is 4.98 Å². The first-order valence-corrected chi connectivity index (χ1v) is 7.38. The predicted molar refractivity (Wildman–Crippen MR) is 89.1 cm³/mol. The minimum absolute atomic E-state index is 0.231. The normalized spacial score (nSPS) is 10.0. The van der Waals surface area contributed by atoms with E-state index in [4.69, 9.17) is 9.47 Å². The van der Waals surface area contributed by atoms with Gasteiger partial charge in [0.15, 0.2) is 11.5 Å². The molecule has 0 fully saturated rings. The van der Waals surface area contributed by atoms with Gasteiger partial charge in [0.1, 0.15) is 0 Å². The Labute approximate surface area is 135 Å². The summed E-state index contributed by atoms with van der Waals surface area (Å²) in [5, 5.41) is 5.54. The molecule has 1 heterocycles. The van der Waals surface area contributed by atoms with Crippen molar-refractivity contribution in [2.75, 3.05) is 26.1 Å². The lowest BCUT2D eigenvalue weighted by molar-refractivity contribution is 0.252. The standard InChI is InChI=1S/C17H21N3O3/c1-22-15-8-7-13(11-16(15)23-2)5-3-10-19-17(21)20-14-6-4-9-18-12-14/h4,6-9,11-12H,3,5,10H2,1-2H3,(H2,19,20,21). The fourth-order valence-corrected chi connectivity index (χ4v) is 2.14. The Kier molecular flexibility index (Phi) is 6.23. The van der Waals surface area contributed by atoms with Crippen LogP contribution < -0.4 is 20.1 Å². The van der Waals surface area contributed by atoms with E-state index < -0.39 is 0 Å². The summed E-state index contributed by atoms with van der Waals surface area (Å²) < 4.78 is 10.5. The van der Waals surface area contributed by atoms with Crippen LogP contribution in [0.1, 0.15) is 12.0 Å². The molecular weight excluding hydrogens is 294 g/mol. The second-order valence-corrected chi connectivity index (χ2v) is 4.92. The third-order valence-electron chi connectivity index (χ3n) is 3.30. The van der Waals surface area contributed by atoms with E-state index in [-0.39, 0.29) is 6.03 Å². The molecule has 0 atom stereocenters. The van der Waals surface area contributed by atoms with Crippen LogP contribution in [0.15, 0.2) is 42.7 Å². The summed E-state index contributed by atoms with van der Waals surface area (Å²) >= 11 is 0. The van der Waals surface area contributed by atoms with Gasteiger partial charge >= 0.3 is 6.03 Å². The van der Waals surface area contributed by atoms with Gasteiger partial charge in [0, 0.05) is 12.7 Å².